The predicted octanol–water partition coefficient (Wildman–Crippen LogP) is 3.12. The fourth-order valence-electron chi connectivity index (χ4n) is 3.76. The van der Waals surface area contributed by atoms with E-state index in [0.717, 1.165) is 11.3 Å². The van der Waals surface area contributed by atoms with E-state index in [2.05, 4.69) is 16.7 Å². The number of carbonyl (C=O) groups is 1. The number of anilines is 1. The van der Waals surface area contributed by atoms with Crippen LogP contribution in [0.1, 0.15) is 25.3 Å². The lowest BCUT2D eigenvalue weighted by atomic mass is 10.0. The summed E-state index contributed by atoms with van der Waals surface area (Å²) in [6.07, 6.45) is 1.30. The summed E-state index contributed by atoms with van der Waals surface area (Å²) >= 11 is 5.75. The molecule has 7 nitrogen and oxygen atoms in total. The second-order valence-electron chi connectivity index (χ2n) is 7.37. The number of halogens is 2. The van der Waals surface area contributed by atoms with E-state index in [1.165, 1.54) is 29.4 Å². The van der Waals surface area contributed by atoms with Crippen molar-refractivity contribution in [2.75, 3.05) is 24.7 Å². The number of hydrogen-bond acceptors (Lipinski definition) is 5. The summed E-state index contributed by atoms with van der Waals surface area (Å²) in [4.78, 5) is 11.1. The Morgan fingerprint density at radius 3 is 2.48 bits per heavy atom. The van der Waals surface area contributed by atoms with Crippen LogP contribution in [0.5, 0.6) is 0 Å². The number of rotatable bonds is 3. The van der Waals surface area contributed by atoms with Crippen molar-refractivity contribution < 1.29 is 22.3 Å². The topological polar surface area (TPSA) is 92.9 Å². The maximum atomic E-state index is 14.2. The van der Waals surface area contributed by atoms with Crippen LogP contribution in [0.4, 0.5) is 10.1 Å². The number of piperidine rings is 1. The number of nitrogens with two attached hydrogens (primary N) is 1. The third-order valence-electron chi connectivity index (χ3n) is 5.19. The van der Waals surface area contributed by atoms with Crippen LogP contribution in [0.15, 0.2) is 47.4 Å². The van der Waals surface area contributed by atoms with Gasteiger partial charge >= 0.3 is 0 Å². The molecule has 0 bridgehead atoms. The second kappa shape index (κ2) is 9.95. The van der Waals surface area contributed by atoms with Gasteiger partial charge in [-0.3, -0.25) is 4.79 Å². The van der Waals surface area contributed by atoms with E-state index < -0.39 is 15.8 Å². The smallest absolute Gasteiger partial charge is 0.246 e. The molecule has 2 aliphatic rings. The summed E-state index contributed by atoms with van der Waals surface area (Å²) in [7, 11) is -3.91. The van der Waals surface area contributed by atoms with Crippen LogP contribution in [0.25, 0.3) is 0 Å². The maximum absolute atomic E-state index is 14.2. The van der Waals surface area contributed by atoms with Gasteiger partial charge in [-0.2, -0.15) is 4.31 Å². The van der Waals surface area contributed by atoms with Crippen molar-refractivity contribution in [1.29, 1.82) is 0 Å². The van der Waals surface area contributed by atoms with Gasteiger partial charge < -0.3 is 15.4 Å². The molecule has 168 valence electrons. The van der Waals surface area contributed by atoms with E-state index in [1.54, 1.807) is 0 Å². The van der Waals surface area contributed by atoms with E-state index in [4.69, 9.17) is 16.3 Å². The molecule has 0 saturated carbocycles. The number of carbonyl (C=O) groups excluding carboxylic acids is 1. The van der Waals surface area contributed by atoms with Crippen molar-refractivity contribution in [1.82, 2.24) is 4.31 Å². The van der Waals surface area contributed by atoms with Gasteiger partial charge in [0.1, 0.15) is 11.6 Å². The number of amides is 1. The Hall–Kier alpha value is -2.20. The van der Waals surface area contributed by atoms with Gasteiger partial charge in [-0.05, 0) is 31.0 Å². The molecule has 0 atom stereocenters. The molecule has 0 radical (unpaired) electrons. The molecular weight excluding hydrogens is 445 g/mol. The lowest BCUT2D eigenvalue weighted by molar-refractivity contribution is -0.115. The van der Waals surface area contributed by atoms with Gasteiger partial charge in [-0.25, -0.2) is 12.8 Å². The molecule has 2 N–H and O–H groups in total. The standard InChI is InChI=1S/C19H20ClFN2O3S.C2H5NO/c20-16-5-3-7-18(19(16)21)27(24,25)22-10-8-15(9-11-22)23-13-26-12-14-4-1-2-6-17(14)23;1-2(3)4/h1-7,15H,8-13H2;1H3,(H2,3,4). The molecule has 2 heterocycles. The average Bonchev–Trinajstić information content (AvgIpc) is 2.75. The van der Waals surface area contributed by atoms with Crippen LogP contribution in [0, 0.1) is 5.82 Å². The van der Waals surface area contributed by atoms with E-state index >= 15 is 0 Å². The highest BCUT2D eigenvalue weighted by Gasteiger charge is 2.34. The number of primary amides is 1. The molecule has 2 aromatic rings. The highest BCUT2D eigenvalue weighted by molar-refractivity contribution is 7.89. The van der Waals surface area contributed by atoms with E-state index in [-0.39, 0.29) is 21.9 Å². The monoisotopic (exact) mass is 469 g/mol. The first kappa shape index (κ1) is 23.5. The van der Waals surface area contributed by atoms with E-state index in [0.29, 0.717) is 39.3 Å². The lowest BCUT2D eigenvalue weighted by Gasteiger charge is -2.41. The van der Waals surface area contributed by atoms with Crippen molar-refractivity contribution in [2.24, 2.45) is 5.73 Å². The molecule has 0 aromatic heterocycles. The maximum Gasteiger partial charge on any atom is 0.246 e. The summed E-state index contributed by atoms with van der Waals surface area (Å²) in [5.74, 6) is -1.22. The van der Waals surface area contributed by atoms with Gasteiger partial charge in [0.15, 0.2) is 5.82 Å². The van der Waals surface area contributed by atoms with Crippen LogP contribution in [-0.2, 0) is 26.2 Å². The highest BCUT2D eigenvalue weighted by Crippen LogP contribution is 2.32. The zero-order valence-electron chi connectivity index (χ0n) is 17.1. The highest BCUT2D eigenvalue weighted by atomic mass is 35.5. The van der Waals surface area contributed by atoms with Gasteiger partial charge in [0.25, 0.3) is 0 Å². The van der Waals surface area contributed by atoms with Crippen LogP contribution in [0.2, 0.25) is 5.02 Å². The normalized spacial score (nSPS) is 17.5. The Kier molecular flexibility index (Phi) is 7.53. The van der Waals surface area contributed by atoms with E-state index in [1.807, 2.05) is 18.2 Å². The minimum atomic E-state index is -3.91. The number of sulfonamides is 1. The van der Waals surface area contributed by atoms with Crippen molar-refractivity contribution in [3.05, 3.63) is 58.9 Å². The van der Waals surface area contributed by atoms with Gasteiger partial charge in [-0.1, -0.05) is 35.9 Å². The molecule has 0 unspecified atom stereocenters. The Balaban J connectivity index is 0.000000628. The van der Waals surface area contributed by atoms with Crippen molar-refractivity contribution in [3.8, 4) is 0 Å². The van der Waals surface area contributed by atoms with Crippen LogP contribution in [-0.4, -0.2) is 44.5 Å². The third kappa shape index (κ3) is 5.35. The molecule has 1 amide bonds. The lowest BCUT2D eigenvalue weighted by Crippen LogP contribution is -2.48. The first-order chi connectivity index (χ1) is 14.7. The summed E-state index contributed by atoms with van der Waals surface area (Å²) in [6, 6.07) is 12.3. The molecule has 2 aromatic carbocycles. The minimum absolute atomic E-state index is 0.183. The number of ether oxygens (including phenoxy) is 1. The Morgan fingerprint density at radius 1 is 1.16 bits per heavy atom. The number of nitrogens with zero attached hydrogens (tertiary/aromatic N) is 2. The fraction of sp³-hybridized carbons (Fsp3) is 0.381. The predicted molar refractivity (Wildman–Crippen MR) is 117 cm³/mol. The Labute approximate surface area is 186 Å². The number of para-hydroxylation sites is 1. The molecule has 31 heavy (non-hydrogen) atoms. The van der Waals surface area contributed by atoms with E-state index in [9.17, 15) is 17.6 Å². The third-order valence-corrected chi connectivity index (χ3v) is 7.40. The van der Waals surface area contributed by atoms with Crippen LogP contribution >= 0.6 is 11.6 Å². The molecule has 2 aliphatic heterocycles. The fourth-order valence-corrected chi connectivity index (χ4v) is 5.54. The summed E-state index contributed by atoms with van der Waals surface area (Å²) in [5, 5.41) is -0.187. The second-order valence-corrected chi connectivity index (χ2v) is 9.69. The quantitative estimate of drug-likeness (QED) is 0.745. The molecule has 4 rings (SSSR count). The van der Waals surface area contributed by atoms with Crippen LogP contribution < -0.4 is 10.6 Å². The van der Waals surface area contributed by atoms with Crippen molar-refractivity contribution >= 4 is 33.2 Å². The van der Waals surface area contributed by atoms with Gasteiger partial charge in [0, 0.05) is 37.3 Å². The number of hydrogen-bond donors (Lipinski definition) is 1. The van der Waals surface area contributed by atoms with Crippen LogP contribution in [0.3, 0.4) is 0 Å². The van der Waals surface area contributed by atoms with Gasteiger partial charge in [0.2, 0.25) is 15.9 Å². The molecule has 1 fully saturated rings. The summed E-state index contributed by atoms with van der Waals surface area (Å²) in [6.45, 7) is 3.06. The number of fused-ring (bicyclic) bond motifs is 1. The van der Waals surface area contributed by atoms with Gasteiger partial charge in [0.05, 0.1) is 11.6 Å². The van der Waals surface area contributed by atoms with Gasteiger partial charge in [-0.15, -0.1) is 0 Å². The first-order valence-electron chi connectivity index (χ1n) is 9.84. The molecular formula is C21H25ClFN3O4S. The van der Waals surface area contributed by atoms with Crippen molar-refractivity contribution in [2.45, 2.75) is 37.3 Å². The summed E-state index contributed by atoms with van der Waals surface area (Å²) in [5.41, 5.74) is 6.76. The average molecular weight is 470 g/mol. The Bertz CT molecular complexity index is 1040. The zero-order valence-corrected chi connectivity index (χ0v) is 18.7. The first-order valence-corrected chi connectivity index (χ1v) is 11.7. The Morgan fingerprint density at radius 2 is 1.81 bits per heavy atom. The number of benzene rings is 2. The minimum Gasteiger partial charge on any atom is -0.370 e. The SMILES string of the molecule is CC(N)=O.O=S(=O)(c1cccc(Cl)c1F)N1CCC(N2COCc3ccccc32)CC1. The van der Waals surface area contributed by atoms with Crippen molar-refractivity contribution in [3.63, 3.8) is 0 Å². The summed E-state index contributed by atoms with van der Waals surface area (Å²) < 4.78 is 46.9. The molecule has 0 aliphatic carbocycles. The molecule has 10 heteroatoms. The largest absolute Gasteiger partial charge is 0.370 e. The zero-order chi connectivity index (χ0) is 22.6. The molecule has 1 saturated heterocycles. The molecule has 0 spiro atoms.